The fraction of sp³-hybridized carbons (Fsp3) is 0.688. The molecule has 1 heterocycles. The number of hydrogen-bond donors (Lipinski definition) is 2. The second kappa shape index (κ2) is 7.96. The first-order valence-corrected chi connectivity index (χ1v) is 12.5. The van der Waals surface area contributed by atoms with Gasteiger partial charge in [-0.1, -0.05) is 38.6 Å². The second-order valence-electron chi connectivity index (χ2n) is 6.96. The number of aliphatic carboxylic acids is 1. The van der Waals surface area contributed by atoms with E-state index in [-0.39, 0.29) is 29.1 Å². The fourth-order valence-corrected chi connectivity index (χ4v) is 5.54. The van der Waals surface area contributed by atoms with E-state index in [1.807, 2.05) is 0 Å². The number of ether oxygens (including phenoxy) is 1. The molecule has 1 aliphatic carbocycles. The van der Waals surface area contributed by atoms with Gasteiger partial charge < -0.3 is 23.8 Å². The van der Waals surface area contributed by atoms with E-state index in [0.29, 0.717) is 12.8 Å². The van der Waals surface area contributed by atoms with Crippen molar-refractivity contribution in [3.05, 3.63) is 23.5 Å². The lowest BCUT2D eigenvalue weighted by atomic mass is 9.77. The lowest BCUT2D eigenvalue weighted by Gasteiger charge is -2.38. The van der Waals surface area contributed by atoms with Gasteiger partial charge in [0.05, 0.1) is 11.8 Å². The van der Waals surface area contributed by atoms with Crippen LogP contribution in [-0.2, 0) is 18.4 Å². The van der Waals surface area contributed by atoms with Crippen molar-refractivity contribution in [1.82, 2.24) is 0 Å². The molecule has 0 bridgehead atoms. The molecule has 2 unspecified atom stereocenters. The van der Waals surface area contributed by atoms with Crippen LogP contribution in [0.2, 0.25) is 13.1 Å². The number of carboxylic acids is 1. The predicted octanol–water partition coefficient (Wildman–Crippen LogP) is 0.905. The normalized spacial score (nSPS) is 28.8. The van der Waals surface area contributed by atoms with E-state index in [0.717, 1.165) is 5.57 Å². The van der Waals surface area contributed by atoms with Gasteiger partial charge in [-0.05, 0) is 12.8 Å². The Morgan fingerprint density at radius 2 is 2.04 bits per heavy atom. The van der Waals surface area contributed by atoms with Crippen molar-refractivity contribution >= 4 is 25.5 Å². The quantitative estimate of drug-likeness (QED) is 0.374. The van der Waals surface area contributed by atoms with E-state index in [4.69, 9.17) is 13.6 Å². The Balaban J connectivity index is 2.15. The van der Waals surface area contributed by atoms with E-state index in [1.165, 1.54) is 6.26 Å². The molecule has 0 spiro atoms. The van der Waals surface area contributed by atoms with Crippen LogP contribution in [0.25, 0.3) is 0 Å². The second-order valence-corrected chi connectivity index (χ2v) is 8.78. The molecule has 0 radical (unpaired) electrons. The van der Waals surface area contributed by atoms with E-state index < -0.39 is 31.8 Å². The highest BCUT2D eigenvalue weighted by Gasteiger charge is 2.45. The molecule has 3 atom stereocenters. The van der Waals surface area contributed by atoms with Gasteiger partial charge >= 0.3 is 5.97 Å². The topological polar surface area (TPSA) is 85.2 Å². The lowest BCUT2D eigenvalue weighted by Crippen LogP contribution is -2.39. The molecule has 0 amide bonds. The first-order valence-electron chi connectivity index (χ1n) is 8.50. The third-order valence-corrected chi connectivity index (χ3v) is 5.99. The lowest BCUT2D eigenvalue weighted by molar-refractivity contribution is -0.138. The summed E-state index contributed by atoms with van der Waals surface area (Å²) < 4.78 is 17.0. The van der Waals surface area contributed by atoms with Gasteiger partial charge in [-0.15, -0.1) is 0 Å². The van der Waals surface area contributed by atoms with Crippen LogP contribution < -0.4 is 0 Å². The predicted molar refractivity (Wildman–Crippen MR) is 95.7 cm³/mol. The summed E-state index contributed by atoms with van der Waals surface area (Å²) in [6, 6.07) is 0. The first-order chi connectivity index (χ1) is 11.3. The molecular weight excluding hydrogens is 344 g/mol. The zero-order valence-electron chi connectivity index (χ0n) is 14.8. The minimum absolute atomic E-state index is 0.224. The SMILES string of the molecule is C[SiH2]OC(O[SiH2]C)C(C)(C)CC1=CCC2C(C(=O)O)=COC(O)[C@H]12. The summed E-state index contributed by atoms with van der Waals surface area (Å²) in [5, 5.41) is 19.6. The highest BCUT2D eigenvalue weighted by Crippen LogP contribution is 2.47. The zero-order chi connectivity index (χ0) is 17.9. The van der Waals surface area contributed by atoms with Gasteiger partial charge in [0.2, 0.25) is 6.29 Å². The fourth-order valence-electron chi connectivity index (χ4n) is 3.65. The summed E-state index contributed by atoms with van der Waals surface area (Å²) >= 11 is 0. The summed E-state index contributed by atoms with van der Waals surface area (Å²) in [6.07, 6.45) is 3.32. The van der Waals surface area contributed by atoms with Gasteiger partial charge in [-0.25, -0.2) is 4.79 Å². The van der Waals surface area contributed by atoms with E-state index in [1.54, 1.807) is 0 Å². The van der Waals surface area contributed by atoms with Gasteiger partial charge in [-0.3, -0.25) is 0 Å². The van der Waals surface area contributed by atoms with Gasteiger partial charge in [0.25, 0.3) is 0 Å². The molecule has 0 aromatic heterocycles. The Bertz CT molecular complexity index is 525. The number of allylic oxidation sites excluding steroid dienone is 1. The highest BCUT2D eigenvalue weighted by atomic mass is 28.2. The third kappa shape index (κ3) is 4.00. The average Bonchev–Trinajstić information content (AvgIpc) is 2.91. The van der Waals surface area contributed by atoms with Crippen molar-refractivity contribution < 1.29 is 28.6 Å². The van der Waals surface area contributed by atoms with Crippen molar-refractivity contribution in [2.75, 3.05) is 0 Å². The van der Waals surface area contributed by atoms with Crippen LogP contribution in [0.1, 0.15) is 26.7 Å². The summed E-state index contributed by atoms with van der Waals surface area (Å²) in [6.45, 7) is 8.36. The van der Waals surface area contributed by atoms with E-state index in [9.17, 15) is 15.0 Å². The maximum atomic E-state index is 11.4. The molecule has 0 fully saturated rings. The summed E-state index contributed by atoms with van der Waals surface area (Å²) in [7, 11) is -1.20. The smallest absolute Gasteiger partial charge is 0.335 e. The molecule has 1 aliphatic heterocycles. The van der Waals surface area contributed by atoms with E-state index >= 15 is 0 Å². The molecule has 0 aromatic rings. The molecule has 2 rings (SSSR count). The van der Waals surface area contributed by atoms with Crippen molar-refractivity contribution in [3.63, 3.8) is 0 Å². The van der Waals surface area contributed by atoms with Crippen molar-refractivity contribution in [1.29, 1.82) is 0 Å². The molecule has 24 heavy (non-hydrogen) atoms. The number of hydrogen-bond acceptors (Lipinski definition) is 5. The molecule has 0 saturated carbocycles. The minimum atomic E-state index is -0.996. The molecule has 6 nitrogen and oxygen atoms in total. The van der Waals surface area contributed by atoms with Crippen LogP contribution in [0.5, 0.6) is 0 Å². The maximum Gasteiger partial charge on any atom is 0.335 e. The highest BCUT2D eigenvalue weighted by molar-refractivity contribution is 6.26. The zero-order valence-corrected chi connectivity index (χ0v) is 17.6. The number of aliphatic hydroxyl groups excluding tert-OH is 1. The minimum Gasteiger partial charge on any atom is -0.478 e. The van der Waals surface area contributed by atoms with Gasteiger partial charge in [0.1, 0.15) is 6.29 Å². The van der Waals surface area contributed by atoms with Crippen LogP contribution >= 0.6 is 0 Å². The maximum absolute atomic E-state index is 11.4. The molecule has 0 aromatic carbocycles. The van der Waals surface area contributed by atoms with E-state index in [2.05, 4.69) is 33.0 Å². The van der Waals surface area contributed by atoms with Crippen LogP contribution in [-0.4, -0.2) is 48.3 Å². The number of fused-ring (bicyclic) bond motifs is 1. The number of carbonyl (C=O) groups is 1. The number of aliphatic hydroxyl groups is 1. The van der Waals surface area contributed by atoms with Gasteiger partial charge in [0.15, 0.2) is 19.5 Å². The summed E-state index contributed by atoms with van der Waals surface area (Å²) in [5.41, 5.74) is 1.04. The van der Waals surface area contributed by atoms with Gasteiger partial charge in [0, 0.05) is 17.3 Å². The third-order valence-electron chi connectivity index (χ3n) is 4.72. The van der Waals surface area contributed by atoms with Crippen LogP contribution in [0.3, 0.4) is 0 Å². The number of rotatable bonds is 8. The Kier molecular flexibility index (Phi) is 6.43. The Labute approximate surface area is 147 Å². The van der Waals surface area contributed by atoms with Crippen molar-refractivity contribution in [2.24, 2.45) is 17.3 Å². The Morgan fingerprint density at radius 1 is 1.42 bits per heavy atom. The molecular formula is C16H28O6Si2. The van der Waals surface area contributed by atoms with Crippen LogP contribution in [0.15, 0.2) is 23.5 Å². The standard InChI is InChI=1S/C16H28O6Si2/c1-16(2,15(21-23-3)22-24-4)7-9-5-6-10-11(13(17)18)8-20-14(19)12(9)10/h5,8,10,12,14-15,19H,6-7,23-24H2,1-4H3,(H,17,18)/t10?,12-,14?/m1/s1. The first kappa shape index (κ1) is 19.4. The summed E-state index contributed by atoms with van der Waals surface area (Å²) in [5.74, 6) is -1.51. The molecule has 2 aliphatic rings. The molecule has 0 saturated heterocycles. The monoisotopic (exact) mass is 372 g/mol. The largest absolute Gasteiger partial charge is 0.478 e. The Morgan fingerprint density at radius 3 is 2.58 bits per heavy atom. The van der Waals surface area contributed by atoms with Gasteiger partial charge in [-0.2, -0.15) is 0 Å². The molecule has 136 valence electrons. The number of carboxylic acid groups (broad SMARTS) is 1. The van der Waals surface area contributed by atoms with Crippen molar-refractivity contribution in [2.45, 2.75) is 52.4 Å². The summed E-state index contributed by atoms with van der Waals surface area (Å²) in [4.78, 5) is 11.4. The van der Waals surface area contributed by atoms with Crippen LogP contribution in [0.4, 0.5) is 0 Å². The average molecular weight is 373 g/mol. The molecule has 8 heteroatoms. The molecule has 2 N–H and O–H groups in total. The van der Waals surface area contributed by atoms with Crippen molar-refractivity contribution in [3.8, 4) is 0 Å². The van der Waals surface area contributed by atoms with Crippen LogP contribution in [0, 0.1) is 17.3 Å². The Hall–Kier alpha value is -0.936.